The summed E-state index contributed by atoms with van der Waals surface area (Å²) in [6.45, 7) is 1.78. The molecule has 0 aliphatic carbocycles. The molecular formula is C22H15ClFN3O4S. The van der Waals surface area contributed by atoms with Gasteiger partial charge in [-0.1, -0.05) is 11.6 Å². The van der Waals surface area contributed by atoms with Crippen molar-refractivity contribution in [1.29, 1.82) is 0 Å². The van der Waals surface area contributed by atoms with E-state index in [2.05, 4.69) is 10.4 Å². The van der Waals surface area contributed by atoms with Crippen LogP contribution in [0.25, 0.3) is 16.5 Å². The summed E-state index contributed by atoms with van der Waals surface area (Å²) >= 11 is 7.01. The number of hydrogen-bond acceptors (Lipinski definition) is 6. The Morgan fingerprint density at radius 2 is 1.84 bits per heavy atom. The first-order valence-electron chi connectivity index (χ1n) is 9.43. The predicted molar refractivity (Wildman–Crippen MR) is 121 cm³/mol. The number of ether oxygens (including phenoxy) is 1. The van der Waals surface area contributed by atoms with Crippen LogP contribution in [0, 0.1) is 5.82 Å². The van der Waals surface area contributed by atoms with Crippen molar-refractivity contribution < 1.29 is 18.7 Å². The fraction of sp³-hybridized carbons (Fsp3) is 0.0909. The minimum atomic E-state index is -0.700. The summed E-state index contributed by atoms with van der Waals surface area (Å²) in [4.78, 5) is 38.5. The van der Waals surface area contributed by atoms with E-state index >= 15 is 0 Å². The van der Waals surface area contributed by atoms with Crippen LogP contribution in [0.1, 0.15) is 27.8 Å². The van der Waals surface area contributed by atoms with Gasteiger partial charge >= 0.3 is 5.97 Å². The number of benzene rings is 2. The van der Waals surface area contributed by atoms with Gasteiger partial charge < -0.3 is 10.1 Å². The van der Waals surface area contributed by atoms with Crippen molar-refractivity contribution >= 4 is 50.6 Å². The van der Waals surface area contributed by atoms with Crippen LogP contribution in [0.4, 0.5) is 9.39 Å². The number of nitrogens with zero attached hydrogens (tertiary/aromatic N) is 2. The summed E-state index contributed by atoms with van der Waals surface area (Å²) in [5, 5.41) is 9.52. The van der Waals surface area contributed by atoms with Crippen LogP contribution in [0.2, 0.25) is 5.02 Å². The molecule has 0 atom stereocenters. The van der Waals surface area contributed by atoms with E-state index in [0.29, 0.717) is 10.7 Å². The molecule has 0 fully saturated rings. The molecule has 1 amide bonds. The maximum Gasteiger partial charge on any atom is 0.359 e. The van der Waals surface area contributed by atoms with E-state index in [1.165, 1.54) is 12.1 Å². The number of rotatable bonds is 5. The van der Waals surface area contributed by atoms with E-state index in [1.54, 1.807) is 36.6 Å². The molecule has 7 nitrogen and oxygen atoms in total. The lowest BCUT2D eigenvalue weighted by atomic mass is 10.2. The summed E-state index contributed by atoms with van der Waals surface area (Å²) in [7, 11) is 0. The molecule has 2 heterocycles. The first kappa shape index (κ1) is 21.7. The molecule has 0 radical (unpaired) electrons. The normalized spacial score (nSPS) is 10.8. The number of nitrogens with one attached hydrogen (secondary N) is 1. The second-order valence-electron chi connectivity index (χ2n) is 6.58. The van der Waals surface area contributed by atoms with Crippen molar-refractivity contribution in [3.8, 4) is 5.69 Å². The summed E-state index contributed by atoms with van der Waals surface area (Å²) in [5.74, 6) is -1.70. The Labute approximate surface area is 190 Å². The summed E-state index contributed by atoms with van der Waals surface area (Å²) < 4.78 is 19.3. The van der Waals surface area contributed by atoms with Crippen LogP contribution < -0.4 is 10.9 Å². The highest BCUT2D eigenvalue weighted by Gasteiger charge is 2.23. The second-order valence-corrected chi connectivity index (χ2v) is 7.89. The lowest BCUT2D eigenvalue weighted by Gasteiger charge is -2.10. The number of anilines is 1. The first-order chi connectivity index (χ1) is 15.4. The molecule has 162 valence electrons. The molecule has 4 rings (SSSR count). The highest BCUT2D eigenvalue weighted by Crippen LogP contribution is 2.31. The van der Waals surface area contributed by atoms with Crippen molar-refractivity contribution in [1.82, 2.24) is 9.78 Å². The van der Waals surface area contributed by atoms with Gasteiger partial charge in [-0.3, -0.25) is 9.59 Å². The second kappa shape index (κ2) is 8.89. The number of halogens is 2. The van der Waals surface area contributed by atoms with Gasteiger partial charge in [-0.25, -0.2) is 9.18 Å². The van der Waals surface area contributed by atoms with Gasteiger partial charge in [-0.05, 0) is 55.5 Å². The lowest BCUT2D eigenvalue weighted by Crippen LogP contribution is -2.25. The van der Waals surface area contributed by atoms with E-state index in [0.717, 1.165) is 28.2 Å². The minimum Gasteiger partial charge on any atom is -0.461 e. The smallest absolute Gasteiger partial charge is 0.359 e. The first-order valence-corrected chi connectivity index (χ1v) is 10.7. The Hall–Kier alpha value is -3.56. The van der Waals surface area contributed by atoms with E-state index in [1.807, 2.05) is 0 Å². The summed E-state index contributed by atoms with van der Waals surface area (Å²) in [6.07, 6.45) is 0. The topological polar surface area (TPSA) is 90.3 Å². The van der Waals surface area contributed by atoms with Crippen LogP contribution in [-0.4, -0.2) is 28.3 Å². The third-order valence-corrected chi connectivity index (χ3v) is 5.67. The van der Waals surface area contributed by atoms with Crippen LogP contribution in [-0.2, 0) is 4.74 Å². The highest BCUT2D eigenvalue weighted by molar-refractivity contribution is 7.16. The van der Waals surface area contributed by atoms with Crippen LogP contribution in [0.3, 0.4) is 0 Å². The van der Waals surface area contributed by atoms with Crippen LogP contribution >= 0.6 is 22.9 Å². The number of carbonyl (C=O) groups excluding carboxylic acids is 2. The Morgan fingerprint density at radius 1 is 1.16 bits per heavy atom. The molecular weight excluding hydrogens is 457 g/mol. The van der Waals surface area contributed by atoms with Gasteiger partial charge in [0.1, 0.15) is 10.8 Å². The van der Waals surface area contributed by atoms with Gasteiger partial charge in [0, 0.05) is 21.4 Å². The zero-order valence-electron chi connectivity index (χ0n) is 16.6. The van der Waals surface area contributed by atoms with Gasteiger partial charge in [0.2, 0.25) is 0 Å². The Balaban J connectivity index is 1.87. The monoisotopic (exact) mass is 471 g/mol. The van der Waals surface area contributed by atoms with Crippen molar-refractivity contribution in [2.24, 2.45) is 0 Å². The van der Waals surface area contributed by atoms with Gasteiger partial charge in [0.15, 0.2) is 5.69 Å². The quantitative estimate of drug-likeness (QED) is 0.427. The molecule has 2 aromatic heterocycles. The minimum absolute atomic E-state index is 0.0602. The average molecular weight is 472 g/mol. The number of thiophene rings is 1. The number of aromatic nitrogens is 2. The van der Waals surface area contributed by atoms with E-state index in [9.17, 15) is 18.8 Å². The van der Waals surface area contributed by atoms with E-state index < -0.39 is 23.3 Å². The van der Waals surface area contributed by atoms with Gasteiger partial charge in [0.25, 0.3) is 11.5 Å². The van der Waals surface area contributed by atoms with E-state index in [-0.39, 0.29) is 33.6 Å². The molecule has 0 aliphatic heterocycles. The molecule has 4 aromatic rings. The predicted octanol–water partition coefficient (Wildman–Crippen LogP) is 4.67. The Morgan fingerprint density at radius 3 is 2.50 bits per heavy atom. The van der Waals surface area contributed by atoms with E-state index in [4.69, 9.17) is 16.3 Å². The molecule has 0 saturated heterocycles. The average Bonchev–Trinajstić information content (AvgIpc) is 3.19. The standard InChI is InChI=1S/C22H15ClFN3O4S/c1-2-31-22(30)18-16-11-32-20(25-19(28)12-3-7-14(24)8-4-12)17(16)21(29)27(26-18)15-9-5-13(23)6-10-15/h3-11H,2H2,1H3,(H,25,28). The Kier molecular flexibility index (Phi) is 6.02. The van der Waals surface area contributed by atoms with Crippen molar-refractivity contribution in [3.63, 3.8) is 0 Å². The maximum atomic E-state index is 13.3. The summed E-state index contributed by atoms with van der Waals surface area (Å²) in [5.41, 5.74) is 0.000432. The SMILES string of the molecule is CCOC(=O)c1nn(-c2ccc(Cl)cc2)c(=O)c2c(NC(=O)c3ccc(F)cc3)scc12. The zero-order chi connectivity index (χ0) is 22.8. The van der Waals surface area contributed by atoms with Crippen molar-refractivity contribution in [2.45, 2.75) is 6.92 Å². The number of hydrogen-bond donors (Lipinski definition) is 1. The molecule has 32 heavy (non-hydrogen) atoms. The van der Waals surface area contributed by atoms with Crippen LogP contribution in [0.15, 0.2) is 58.7 Å². The molecule has 0 saturated carbocycles. The number of esters is 1. The van der Waals surface area contributed by atoms with Crippen LogP contribution in [0.5, 0.6) is 0 Å². The lowest BCUT2D eigenvalue weighted by molar-refractivity contribution is 0.0520. The largest absolute Gasteiger partial charge is 0.461 e. The van der Waals surface area contributed by atoms with Gasteiger partial charge in [-0.15, -0.1) is 11.3 Å². The number of amides is 1. The molecule has 1 N–H and O–H groups in total. The summed E-state index contributed by atoms with van der Waals surface area (Å²) in [6, 6.07) is 11.3. The fourth-order valence-corrected chi connectivity index (χ4v) is 4.08. The fourth-order valence-electron chi connectivity index (χ4n) is 3.03. The maximum absolute atomic E-state index is 13.3. The molecule has 0 unspecified atom stereocenters. The molecule has 10 heteroatoms. The molecule has 0 bridgehead atoms. The van der Waals surface area contributed by atoms with Crippen molar-refractivity contribution in [3.05, 3.63) is 86.4 Å². The molecule has 0 aliphatic rings. The number of fused-ring (bicyclic) bond motifs is 1. The van der Waals surface area contributed by atoms with Crippen molar-refractivity contribution in [2.75, 3.05) is 11.9 Å². The van der Waals surface area contributed by atoms with Gasteiger partial charge in [-0.2, -0.15) is 9.78 Å². The molecule has 0 spiro atoms. The third-order valence-electron chi connectivity index (χ3n) is 4.53. The zero-order valence-corrected chi connectivity index (χ0v) is 18.2. The Bertz CT molecular complexity index is 1380. The van der Waals surface area contributed by atoms with Gasteiger partial charge in [0.05, 0.1) is 17.7 Å². The molecule has 2 aromatic carbocycles. The third kappa shape index (κ3) is 4.12. The number of carbonyl (C=O) groups is 2. The highest BCUT2D eigenvalue weighted by atomic mass is 35.5.